The highest BCUT2D eigenvalue weighted by molar-refractivity contribution is 5.83. The zero-order chi connectivity index (χ0) is 14.0. The van der Waals surface area contributed by atoms with E-state index in [4.69, 9.17) is 0 Å². The molecule has 1 heterocycles. The minimum atomic E-state index is -0.797. The Morgan fingerprint density at radius 1 is 1.21 bits per heavy atom. The van der Waals surface area contributed by atoms with Crippen molar-refractivity contribution in [1.29, 1.82) is 0 Å². The molecule has 0 radical (unpaired) electrons. The smallest absolute Gasteiger partial charge is 0.309 e. The highest BCUT2D eigenvalue weighted by atomic mass is 16.4. The molecule has 5 heteroatoms. The molecule has 2 atom stereocenters. The molecule has 1 N–H and O–H groups in total. The van der Waals surface area contributed by atoms with Crippen molar-refractivity contribution in [3.8, 4) is 0 Å². The molecule has 0 aromatic rings. The second-order valence-electron chi connectivity index (χ2n) is 5.93. The molecule has 0 aromatic heterocycles. The summed E-state index contributed by atoms with van der Waals surface area (Å²) < 4.78 is 0. The van der Waals surface area contributed by atoms with E-state index in [0.717, 1.165) is 25.7 Å². The van der Waals surface area contributed by atoms with Crippen LogP contribution >= 0.6 is 0 Å². The van der Waals surface area contributed by atoms with Gasteiger partial charge in [-0.15, -0.1) is 0 Å². The van der Waals surface area contributed by atoms with Gasteiger partial charge >= 0.3 is 5.97 Å². The van der Waals surface area contributed by atoms with E-state index in [9.17, 15) is 14.7 Å². The van der Waals surface area contributed by atoms with Gasteiger partial charge in [0.2, 0.25) is 5.91 Å². The lowest BCUT2D eigenvalue weighted by molar-refractivity contribution is -0.143. The van der Waals surface area contributed by atoms with Crippen LogP contribution < -0.4 is 0 Å². The fourth-order valence-electron chi connectivity index (χ4n) is 3.20. The predicted molar refractivity (Wildman–Crippen MR) is 71.8 cm³/mol. The average Bonchev–Trinajstić information content (AvgIpc) is 2.52. The third-order valence-electron chi connectivity index (χ3n) is 4.59. The summed E-state index contributed by atoms with van der Waals surface area (Å²) in [6.07, 6.45) is 5.58. The molecule has 0 bridgehead atoms. The number of carbonyl (C=O) groups excluding carboxylic acids is 1. The van der Waals surface area contributed by atoms with Crippen molar-refractivity contribution in [2.24, 2.45) is 5.92 Å². The van der Waals surface area contributed by atoms with Crippen LogP contribution in [0.1, 0.15) is 39.0 Å². The summed E-state index contributed by atoms with van der Waals surface area (Å²) in [6, 6.07) is 0.0309. The Bertz CT molecular complexity index is 353. The summed E-state index contributed by atoms with van der Waals surface area (Å²) in [4.78, 5) is 27.6. The molecule has 2 unspecified atom stereocenters. The highest BCUT2D eigenvalue weighted by Gasteiger charge is 2.37. The molecule has 2 aliphatic rings. The molecular weight excluding hydrogens is 244 g/mol. The quantitative estimate of drug-likeness (QED) is 0.817. The number of rotatable bonds is 2. The fraction of sp³-hybridized carbons (Fsp3) is 0.857. The maximum absolute atomic E-state index is 12.5. The van der Waals surface area contributed by atoms with Crippen LogP contribution in [0.25, 0.3) is 0 Å². The molecule has 1 aliphatic heterocycles. The van der Waals surface area contributed by atoms with Crippen molar-refractivity contribution < 1.29 is 14.7 Å². The van der Waals surface area contributed by atoms with E-state index < -0.39 is 11.9 Å². The molecule has 0 aromatic carbocycles. The van der Waals surface area contributed by atoms with Gasteiger partial charge in [-0.25, -0.2) is 0 Å². The Morgan fingerprint density at radius 2 is 1.84 bits per heavy atom. The molecule has 5 nitrogen and oxygen atoms in total. The number of hydrogen-bond donors (Lipinski definition) is 1. The lowest BCUT2D eigenvalue weighted by Gasteiger charge is -2.35. The third kappa shape index (κ3) is 3.08. The number of carboxylic acid groups (broad SMARTS) is 1. The van der Waals surface area contributed by atoms with Gasteiger partial charge in [0.1, 0.15) is 0 Å². The predicted octanol–water partition coefficient (Wildman–Crippen LogP) is 1.18. The topological polar surface area (TPSA) is 60.9 Å². The van der Waals surface area contributed by atoms with Gasteiger partial charge in [-0.3, -0.25) is 14.5 Å². The van der Waals surface area contributed by atoms with E-state index in [1.807, 2.05) is 23.8 Å². The highest BCUT2D eigenvalue weighted by Crippen LogP contribution is 2.26. The van der Waals surface area contributed by atoms with E-state index >= 15 is 0 Å². The normalized spacial score (nSPS) is 31.3. The number of carbonyl (C=O) groups is 2. The summed E-state index contributed by atoms with van der Waals surface area (Å²) >= 11 is 0. The van der Waals surface area contributed by atoms with Crippen LogP contribution in [0.5, 0.6) is 0 Å². The largest absolute Gasteiger partial charge is 0.481 e. The first-order chi connectivity index (χ1) is 9.00. The zero-order valence-electron chi connectivity index (χ0n) is 11.8. The number of carboxylic acids is 1. The number of amides is 1. The average molecular weight is 268 g/mol. The van der Waals surface area contributed by atoms with Crippen LogP contribution in [0.15, 0.2) is 0 Å². The summed E-state index contributed by atoms with van der Waals surface area (Å²) in [6.45, 7) is 2.70. The molecule has 2 fully saturated rings. The van der Waals surface area contributed by atoms with Crippen LogP contribution in [0.3, 0.4) is 0 Å². The van der Waals surface area contributed by atoms with Gasteiger partial charge in [0.15, 0.2) is 0 Å². The third-order valence-corrected chi connectivity index (χ3v) is 4.59. The van der Waals surface area contributed by atoms with Crippen molar-refractivity contribution >= 4 is 11.9 Å². The Hall–Kier alpha value is -1.10. The first kappa shape index (κ1) is 14.3. The minimum Gasteiger partial charge on any atom is -0.481 e. The van der Waals surface area contributed by atoms with E-state index in [1.165, 1.54) is 6.42 Å². The van der Waals surface area contributed by atoms with Gasteiger partial charge in [0.25, 0.3) is 0 Å². The summed E-state index contributed by atoms with van der Waals surface area (Å²) in [5, 5.41) is 9.31. The molecule has 1 saturated carbocycles. The zero-order valence-corrected chi connectivity index (χ0v) is 11.8. The maximum Gasteiger partial charge on any atom is 0.309 e. The van der Waals surface area contributed by atoms with E-state index in [1.54, 1.807) is 0 Å². The summed E-state index contributed by atoms with van der Waals surface area (Å²) in [7, 11) is 1.84. The van der Waals surface area contributed by atoms with E-state index in [2.05, 4.69) is 0 Å². The van der Waals surface area contributed by atoms with Gasteiger partial charge in [-0.05, 0) is 26.8 Å². The molecule has 1 saturated heterocycles. The van der Waals surface area contributed by atoms with Crippen LogP contribution in [0.4, 0.5) is 0 Å². The lowest BCUT2D eigenvalue weighted by atomic mass is 9.93. The number of nitrogens with zero attached hydrogens (tertiary/aromatic N) is 2. The van der Waals surface area contributed by atoms with Gasteiger partial charge in [-0.1, -0.05) is 19.3 Å². The van der Waals surface area contributed by atoms with Gasteiger partial charge in [0.05, 0.1) is 12.0 Å². The SMILES string of the molecule is CC1C(=O)N(C2CCCCC2)CC(C(=O)O)CN1C. The van der Waals surface area contributed by atoms with Crippen molar-refractivity contribution in [2.45, 2.75) is 51.1 Å². The van der Waals surface area contributed by atoms with E-state index in [0.29, 0.717) is 13.1 Å². The fourth-order valence-corrected chi connectivity index (χ4v) is 3.20. The van der Waals surface area contributed by atoms with Crippen molar-refractivity contribution in [3.05, 3.63) is 0 Å². The molecule has 1 aliphatic carbocycles. The van der Waals surface area contributed by atoms with E-state index in [-0.39, 0.29) is 18.0 Å². The molecule has 0 spiro atoms. The number of hydrogen-bond acceptors (Lipinski definition) is 3. The van der Waals surface area contributed by atoms with Crippen LogP contribution in [0, 0.1) is 5.92 Å². The molecular formula is C14H24N2O3. The van der Waals surface area contributed by atoms with Gasteiger partial charge < -0.3 is 10.0 Å². The standard InChI is InChI=1S/C14H24N2O3/c1-10-13(17)16(12-6-4-3-5-7-12)9-11(14(18)19)8-15(10)2/h10-12H,3-9H2,1-2H3,(H,18,19). The van der Waals surface area contributed by atoms with Crippen LogP contribution in [0.2, 0.25) is 0 Å². The van der Waals surface area contributed by atoms with Gasteiger partial charge in [-0.2, -0.15) is 0 Å². The monoisotopic (exact) mass is 268 g/mol. The molecule has 1 amide bonds. The number of aliphatic carboxylic acids is 1. The summed E-state index contributed by atoms with van der Waals surface area (Å²) in [5.74, 6) is -1.17. The Morgan fingerprint density at radius 3 is 2.42 bits per heavy atom. The number of likely N-dealkylation sites (N-methyl/N-ethyl adjacent to an activating group) is 1. The second-order valence-corrected chi connectivity index (χ2v) is 5.93. The summed E-state index contributed by atoms with van der Waals surface area (Å²) in [5.41, 5.74) is 0. The molecule has 19 heavy (non-hydrogen) atoms. The first-order valence-corrected chi connectivity index (χ1v) is 7.24. The first-order valence-electron chi connectivity index (χ1n) is 7.24. The Balaban J connectivity index is 2.18. The second kappa shape index (κ2) is 5.90. The van der Waals surface area contributed by atoms with Crippen molar-refractivity contribution in [3.63, 3.8) is 0 Å². The molecule has 108 valence electrons. The minimum absolute atomic E-state index is 0.0955. The van der Waals surface area contributed by atoms with Crippen molar-refractivity contribution in [2.75, 3.05) is 20.1 Å². The Kier molecular flexibility index (Phi) is 4.45. The van der Waals surface area contributed by atoms with Crippen molar-refractivity contribution in [1.82, 2.24) is 9.80 Å². The van der Waals surface area contributed by atoms with Gasteiger partial charge in [0, 0.05) is 19.1 Å². The molecule has 2 rings (SSSR count). The van der Waals surface area contributed by atoms with Crippen LogP contribution in [-0.4, -0.2) is 59.0 Å². The Labute approximate surface area is 114 Å². The van der Waals surface area contributed by atoms with Crippen LogP contribution in [-0.2, 0) is 9.59 Å². The lowest BCUT2D eigenvalue weighted by Crippen LogP contribution is -2.48. The maximum atomic E-state index is 12.5.